The Labute approximate surface area is 142 Å². The molecule has 122 valence electrons. The van der Waals surface area contributed by atoms with Gasteiger partial charge in [-0.3, -0.25) is 0 Å². The van der Waals surface area contributed by atoms with E-state index in [4.69, 9.17) is 32.2 Å². The van der Waals surface area contributed by atoms with Crippen LogP contribution in [-0.4, -0.2) is 25.3 Å². The van der Waals surface area contributed by atoms with E-state index in [1.165, 1.54) is 0 Å². The molecular weight excluding hydrogens is 310 g/mol. The molecule has 0 saturated heterocycles. The molecule has 2 N–H and O–H groups in total. The molecule has 0 aliphatic rings. The molecule has 0 aliphatic heterocycles. The molecule has 0 aromatic heterocycles. The Hall–Kier alpha value is -2.27. The summed E-state index contributed by atoms with van der Waals surface area (Å²) in [7, 11) is 1.60. The topological polar surface area (TPSA) is 53.7 Å². The fourth-order valence-corrected chi connectivity index (χ4v) is 2.29. The second-order valence-electron chi connectivity index (χ2n) is 5.19. The molecule has 0 unspecified atom stereocenters. The molecule has 0 amide bonds. The van der Waals surface area contributed by atoms with Crippen LogP contribution in [0.15, 0.2) is 36.4 Å². The van der Waals surface area contributed by atoms with Crippen molar-refractivity contribution in [1.82, 2.24) is 0 Å². The predicted octanol–water partition coefficient (Wildman–Crippen LogP) is 3.40. The molecule has 0 aliphatic carbocycles. The summed E-state index contributed by atoms with van der Waals surface area (Å²) in [6, 6.07) is 11.5. The number of benzene rings is 2. The van der Waals surface area contributed by atoms with Gasteiger partial charge in [0.1, 0.15) is 35.5 Å². The van der Waals surface area contributed by atoms with E-state index < -0.39 is 0 Å². The zero-order chi connectivity index (χ0) is 16.8. The zero-order valence-corrected chi connectivity index (χ0v) is 14.4. The van der Waals surface area contributed by atoms with Crippen molar-refractivity contribution >= 4 is 17.2 Å². The number of methoxy groups -OCH3 is 1. The SMILES string of the molecule is COc1ccc(C(N)=S)c(OCCOc2cc(C)ccc2C)c1. The van der Waals surface area contributed by atoms with Gasteiger partial charge >= 0.3 is 0 Å². The van der Waals surface area contributed by atoms with Crippen LogP contribution in [0.4, 0.5) is 0 Å². The van der Waals surface area contributed by atoms with E-state index in [-0.39, 0.29) is 4.99 Å². The van der Waals surface area contributed by atoms with Crippen molar-refractivity contribution in [2.45, 2.75) is 13.8 Å². The second kappa shape index (κ2) is 7.83. The Balaban J connectivity index is 1.98. The molecule has 2 aromatic rings. The Bertz CT molecular complexity index is 701. The van der Waals surface area contributed by atoms with Crippen LogP contribution in [0.1, 0.15) is 16.7 Å². The van der Waals surface area contributed by atoms with Gasteiger partial charge in [0.2, 0.25) is 0 Å². The van der Waals surface area contributed by atoms with Crippen LogP contribution in [0.3, 0.4) is 0 Å². The average molecular weight is 331 g/mol. The normalized spacial score (nSPS) is 10.2. The fraction of sp³-hybridized carbons (Fsp3) is 0.278. The Morgan fingerprint density at radius 2 is 1.70 bits per heavy atom. The molecule has 0 saturated carbocycles. The summed E-state index contributed by atoms with van der Waals surface area (Å²) in [4.78, 5) is 0.290. The van der Waals surface area contributed by atoms with Gasteiger partial charge in [0.05, 0.1) is 12.7 Å². The summed E-state index contributed by atoms with van der Waals surface area (Å²) < 4.78 is 16.7. The summed E-state index contributed by atoms with van der Waals surface area (Å²) in [5.41, 5.74) is 8.66. The highest BCUT2D eigenvalue weighted by Crippen LogP contribution is 2.25. The van der Waals surface area contributed by atoms with Crippen LogP contribution in [0, 0.1) is 13.8 Å². The van der Waals surface area contributed by atoms with Crippen LogP contribution < -0.4 is 19.9 Å². The lowest BCUT2D eigenvalue weighted by Gasteiger charge is -2.14. The van der Waals surface area contributed by atoms with Gasteiger partial charge in [-0.05, 0) is 43.2 Å². The van der Waals surface area contributed by atoms with Gasteiger partial charge in [-0.1, -0.05) is 24.4 Å². The molecule has 5 heteroatoms. The van der Waals surface area contributed by atoms with Crippen LogP contribution in [0.5, 0.6) is 17.2 Å². The lowest BCUT2D eigenvalue weighted by atomic mass is 10.1. The predicted molar refractivity (Wildman–Crippen MR) is 95.8 cm³/mol. The molecule has 23 heavy (non-hydrogen) atoms. The summed E-state index contributed by atoms with van der Waals surface area (Å²) in [6.45, 7) is 4.87. The second-order valence-corrected chi connectivity index (χ2v) is 5.63. The quantitative estimate of drug-likeness (QED) is 0.622. The van der Waals surface area contributed by atoms with Gasteiger partial charge in [-0.15, -0.1) is 0 Å². The van der Waals surface area contributed by atoms with Gasteiger partial charge in [0, 0.05) is 6.07 Å². The molecule has 2 aromatic carbocycles. The molecule has 0 bridgehead atoms. The number of hydrogen-bond acceptors (Lipinski definition) is 4. The molecule has 0 spiro atoms. The van der Waals surface area contributed by atoms with Crippen molar-refractivity contribution < 1.29 is 14.2 Å². The van der Waals surface area contributed by atoms with E-state index in [1.807, 2.05) is 26.0 Å². The van der Waals surface area contributed by atoms with Crippen LogP contribution in [-0.2, 0) is 0 Å². The minimum absolute atomic E-state index is 0.290. The lowest BCUT2D eigenvalue weighted by Crippen LogP contribution is -2.15. The number of nitrogens with two attached hydrogens (primary N) is 1. The number of ether oxygens (including phenoxy) is 3. The Morgan fingerprint density at radius 3 is 2.35 bits per heavy atom. The maximum Gasteiger partial charge on any atom is 0.133 e. The first-order valence-electron chi connectivity index (χ1n) is 7.32. The van der Waals surface area contributed by atoms with E-state index in [1.54, 1.807) is 25.3 Å². The number of thiocarbonyl (C=S) groups is 1. The summed E-state index contributed by atoms with van der Waals surface area (Å²) >= 11 is 5.04. The molecular formula is C18H21NO3S. The first-order valence-corrected chi connectivity index (χ1v) is 7.73. The van der Waals surface area contributed by atoms with Gasteiger partial charge in [0.25, 0.3) is 0 Å². The molecule has 4 nitrogen and oxygen atoms in total. The molecule has 0 atom stereocenters. The highest BCUT2D eigenvalue weighted by atomic mass is 32.1. The van der Waals surface area contributed by atoms with Crippen molar-refractivity contribution in [1.29, 1.82) is 0 Å². The van der Waals surface area contributed by atoms with Crippen LogP contribution >= 0.6 is 12.2 Å². The first-order chi connectivity index (χ1) is 11.0. The van der Waals surface area contributed by atoms with E-state index in [0.29, 0.717) is 30.3 Å². The van der Waals surface area contributed by atoms with Gasteiger partial charge in [-0.2, -0.15) is 0 Å². The smallest absolute Gasteiger partial charge is 0.133 e. The van der Waals surface area contributed by atoms with Crippen molar-refractivity contribution in [2.24, 2.45) is 5.73 Å². The third kappa shape index (κ3) is 4.60. The molecule has 2 rings (SSSR count). The third-order valence-corrected chi connectivity index (χ3v) is 3.62. The summed E-state index contributed by atoms with van der Waals surface area (Å²) in [5, 5.41) is 0. The van der Waals surface area contributed by atoms with E-state index in [2.05, 4.69) is 6.07 Å². The first kappa shape index (κ1) is 17.1. The van der Waals surface area contributed by atoms with E-state index in [0.717, 1.165) is 16.9 Å². The highest BCUT2D eigenvalue weighted by molar-refractivity contribution is 7.80. The third-order valence-electron chi connectivity index (χ3n) is 3.40. The maximum atomic E-state index is 5.78. The van der Waals surface area contributed by atoms with Crippen molar-refractivity contribution in [3.8, 4) is 17.2 Å². The van der Waals surface area contributed by atoms with E-state index in [9.17, 15) is 0 Å². The molecule has 0 heterocycles. The molecule has 0 radical (unpaired) electrons. The average Bonchev–Trinajstić information content (AvgIpc) is 2.54. The minimum Gasteiger partial charge on any atom is -0.497 e. The minimum atomic E-state index is 0.290. The molecule has 0 fully saturated rings. The number of aryl methyl sites for hydroxylation is 2. The summed E-state index contributed by atoms with van der Waals surface area (Å²) in [6.07, 6.45) is 0. The van der Waals surface area contributed by atoms with Gasteiger partial charge < -0.3 is 19.9 Å². The van der Waals surface area contributed by atoms with Gasteiger partial charge in [-0.25, -0.2) is 0 Å². The van der Waals surface area contributed by atoms with Crippen molar-refractivity contribution in [3.63, 3.8) is 0 Å². The number of rotatable bonds is 7. The van der Waals surface area contributed by atoms with Crippen molar-refractivity contribution in [3.05, 3.63) is 53.1 Å². The number of hydrogen-bond donors (Lipinski definition) is 1. The fourth-order valence-electron chi connectivity index (χ4n) is 2.12. The Morgan fingerprint density at radius 1 is 1.00 bits per heavy atom. The Kier molecular flexibility index (Phi) is 5.82. The van der Waals surface area contributed by atoms with E-state index >= 15 is 0 Å². The monoisotopic (exact) mass is 331 g/mol. The van der Waals surface area contributed by atoms with Crippen LogP contribution in [0.2, 0.25) is 0 Å². The van der Waals surface area contributed by atoms with Crippen LogP contribution in [0.25, 0.3) is 0 Å². The van der Waals surface area contributed by atoms with Gasteiger partial charge in [0.15, 0.2) is 0 Å². The standard InChI is InChI=1S/C18H21NO3S/c1-12-4-5-13(2)16(10-12)21-8-9-22-17-11-14(20-3)6-7-15(17)18(19)23/h4-7,10-11H,8-9H2,1-3H3,(H2,19,23). The highest BCUT2D eigenvalue weighted by Gasteiger charge is 2.09. The zero-order valence-electron chi connectivity index (χ0n) is 13.6. The largest absolute Gasteiger partial charge is 0.497 e. The maximum absolute atomic E-state index is 5.78. The summed E-state index contributed by atoms with van der Waals surface area (Å²) in [5.74, 6) is 2.16. The lowest BCUT2D eigenvalue weighted by molar-refractivity contribution is 0.215. The van der Waals surface area contributed by atoms with Crippen molar-refractivity contribution in [2.75, 3.05) is 20.3 Å².